The molecule has 4 saturated carbocycles. The summed E-state index contributed by atoms with van der Waals surface area (Å²) in [4.78, 5) is 0. The summed E-state index contributed by atoms with van der Waals surface area (Å²) >= 11 is 0. The Labute approximate surface area is 121 Å². The van der Waals surface area contributed by atoms with Gasteiger partial charge in [-0.1, -0.05) is 12.1 Å². The molecule has 4 aliphatic carbocycles. The lowest BCUT2D eigenvalue weighted by Crippen LogP contribution is -2.54. The zero-order chi connectivity index (χ0) is 13.7. The lowest BCUT2D eigenvalue weighted by atomic mass is 9.54. The Morgan fingerprint density at radius 2 is 1.70 bits per heavy atom. The van der Waals surface area contributed by atoms with Gasteiger partial charge in [-0.25, -0.2) is 4.39 Å². The molecule has 0 saturated heterocycles. The largest absolute Gasteiger partial charge is 0.309 e. The van der Waals surface area contributed by atoms with E-state index in [9.17, 15) is 4.39 Å². The maximum atomic E-state index is 13.3. The van der Waals surface area contributed by atoms with Gasteiger partial charge in [0.05, 0.1) is 0 Å². The van der Waals surface area contributed by atoms with E-state index in [0.717, 1.165) is 35.8 Å². The number of rotatable bonds is 3. The molecule has 0 radical (unpaired) electrons. The fourth-order valence-corrected chi connectivity index (χ4v) is 5.31. The Balaban J connectivity index is 1.43. The number of nitrogens with one attached hydrogen (secondary N) is 1. The minimum absolute atomic E-state index is 0.0941. The molecule has 108 valence electrons. The molecule has 0 unspecified atom stereocenters. The highest BCUT2D eigenvalue weighted by molar-refractivity contribution is 5.24. The van der Waals surface area contributed by atoms with Gasteiger partial charge in [0.1, 0.15) is 5.82 Å². The van der Waals surface area contributed by atoms with Gasteiger partial charge >= 0.3 is 0 Å². The highest BCUT2D eigenvalue weighted by Gasteiger charge is 2.47. The van der Waals surface area contributed by atoms with Crippen molar-refractivity contribution < 1.29 is 4.39 Å². The Hall–Kier alpha value is -0.890. The molecule has 0 aliphatic heterocycles. The third-order valence-corrected chi connectivity index (χ3v) is 5.99. The van der Waals surface area contributed by atoms with Crippen molar-refractivity contribution in [2.75, 3.05) is 0 Å². The van der Waals surface area contributed by atoms with Crippen LogP contribution in [0.4, 0.5) is 4.39 Å². The first-order chi connectivity index (χ1) is 9.69. The van der Waals surface area contributed by atoms with Crippen molar-refractivity contribution in [3.8, 4) is 0 Å². The zero-order valence-corrected chi connectivity index (χ0v) is 12.2. The van der Waals surface area contributed by atoms with Crippen molar-refractivity contribution >= 4 is 0 Å². The maximum absolute atomic E-state index is 13.3. The highest BCUT2D eigenvalue weighted by atomic mass is 19.1. The van der Waals surface area contributed by atoms with Gasteiger partial charge in [0.25, 0.3) is 0 Å². The molecule has 20 heavy (non-hydrogen) atoms. The van der Waals surface area contributed by atoms with Gasteiger partial charge in [-0.2, -0.15) is 0 Å². The van der Waals surface area contributed by atoms with Gasteiger partial charge in [-0.05, 0) is 79.9 Å². The van der Waals surface area contributed by atoms with E-state index < -0.39 is 0 Å². The second-order valence-corrected chi connectivity index (χ2v) is 7.42. The van der Waals surface area contributed by atoms with E-state index in [-0.39, 0.29) is 5.82 Å². The quantitative estimate of drug-likeness (QED) is 0.876. The number of hydrogen-bond donors (Lipinski definition) is 1. The number of benzene rings is 1. The summed E-state index contributed by atoms with van der Waals surface area (Å²) in [6.45, 7) is 2.75. The normalized spacial score (nSPS) is 38.4. The van der Waals surface area contributed by atoms with E-state index in [1.54, 1.807) is 6.07 Å². The van der Waals surface area contributed by atoms with Crippen LogP contribution in [0, 0.1) is 36.4 Å². The predicted octanol–water partition coefficient (Wildman–Crippen LogP) is 4.05. The van der Waals surface area contributed by atoms with Crippen LogP contribution in [-0.2, 0) is 6.54 Å². The van der Waals surface area contributed by atoms with Crippen molar-refractivity contribution in [2.45, 2.75) is 51.6 Å². The summed E-state index contributed by atoms with van der Waals surface area (Å²) in [6.07, 6.45) is 7.32. The third kappa shape index (κ3) is 2.18. The lowest BCUT2D eigenvalue weighted by Gasteiger charge is -2.54. The minimum atomic E-state index is -0.0941. The third-order valence-electron chi connectivity index (χ3n) is 5.99. The van der Waals surface area contributed by atoms with E-state index in [4.69, 9.17) is 0 Å². The predicted molar refractivity (Wildman–Crippen MR) is 78.8 cm³/mol. The van der Waals surface area contributed by atoms with Crippen LogP contribution in [-0.4, -0.2) is 6.04 Å². The summed E-state index contributed by atoms with van der Waals surface area (Å²) in [6, 6.07) is 6.22. The zero-order valence-electron chi connectivity index (χ0n) is 12.2. The minimum Gasteiger partial charge on any atom is -0.309 e. The molecular weight excluding hydrogens is 249 g/mol. The molecule has 0 spiro atoms. The summed E-state index contributed by atoms with van der Waals surface area (Å²) in [5.41, 5.74) is 1.98. The van der Waals surface area contributed by atoms with E-state index in [1.807, 2.05) is 19.1 Å². The summed E-state index contributed by atoms with van der Waals surface area (Å²) in [7, 11) is 0. The van der Waals surface area contributed by atoms with Gasteiger partial charge in [0.15, 0.2) is 0 Å². The Kier molecular flexibility index (Phi) is 3.10. The molecule has 4 bridgehead atoms. The van der Waals surface area contributed by atoms with Crippen LogP contribution in [0.3, 0.4) is 0 Å². The fourth-order valence-electron chi connectivity index (χ4n) is 5.31. The van der Waals surface area contributed by atoms with Crippen LogP contribution in [0.5, 0.6) is 0 Å². The van der Waals surface area contributed by atoms with Crippen LogP contribution < -0.4 is 5.32 Å². The van der Waals surface area contributed by atoms with Crippen LogP contribution in [0.15, 0.2) is 18.2 Å². The second kappa shape index (κ2) is 4.84. The second-order valence-electron chi connectivity index (χ2n) is 7.42. The fraction of sp³-hybridized carbons (Fsp3) is 0.667. The molecule has 2 heteroatoms. The van der Waals surface area contributed by atoms with Gasteiger partial charge in [0, 0.05) is 12.6 Å². The maximum Gasteiger partial charge on any atom is 0.126 e. The van der Waals surface area contributed by atoms with E-state index >= 15 is 0 Å². The molecular formula is C18H24FN. The first-order valence-electron chi connectivity index (χ1n) is 8.17. The number of halogens is 1. The molecule has 4 fully saturated rings. The van der Waals surface area contributed by atoms with Crippen LogP contribution in [0.1, 0.15) is 43.2 Å². The highest BCUT2D eigenvalue weighted by Crippen LogP contribution is 2.53. The van der Waals surface area contributed by atoms with Crippen molar-refractivity contribution in [3.05, 3.63) is 35.1 Å². The van der Waals surface area contributed by atoms with E-state index in [1.165, 1.54) is 37.7 Å². The summed E-state index contributed by atoms with van der Waals surface area (Å²) in [5.74, 6) is 3.79. The molecule has 0 amide bonds. The standard InChI is InChI=1S/C18H24FN/c1-11-4-12(2-3-17(11)19)10-20-18-15-6-13-5-14(8-15)9-16(18)7-13/h2-4,13-16,18,20H,5-10H2,1H3. The van der Waals surface area contributed by atoms with Crippen molar-refractivity contribution in [2.24, 2.45) is 23.7 Å². The van der Waals surface area contributed by atoms with Gasteiger partial charge < -0.3 is 5.32 Å². The first kappa shape index (κ1) is 12.8. The SMILES string of the molecule is Cc1cc(CNC2C3CC4CC(C3)CC2C4)ccc1F. The Morgan fingerprint density at radius 1 is 1.05 bits per heavy atom. The summed E-state index contributed by atoms with van der Waals surface area (Å²) < 4.78 is 13.3. The van der Waals surface area contributed by atoms with Crippen LogP contribution in [0.2, 0.25) is 0 Å². The van der Waals surface area contributed by atoms with Crippen molar-refractivity contribution in [1.82, 2.24) is 5.32 Å². The molecule has 1 N–H and O–H groups in total. The summed E-state index contributed by atoms with van der Waals surface area (Å²) in [5, 5.41) is 3.81. The number of aryl methyl sites for hydroxylation is 1. The molecule has 0 aromatic heterocycles. The molecule has 1 aromatic carbocycles. The van der Waals surface area contributed by atoms with Crippen LogP contribution in [0.25, 0.3) is 0 Å². The van der Waals surface area contributed by atoms with Crippen molar-refractivity contribution in [3.63, 3.8) is 0 Å². The average Bonchev–Trinajstić information content (AvgIpc) is 2.41. The van der Waals surface area contributed by atoms with Gasteiger partial charge in [-0.3, -0.25) is 0 Å². The van der Waals surface area contributed by atoms with Crippen LogP contribution >= 0.6 is 0 Å². The molecule has 1 aromatic rings. The smallest absolute Gasteiger partial charge is 0.126 e. The Bertz CT molecular complexity index is 482. The molecule has 5 rings (SSSR count). The van der Waals surface area contributed by atoms with Gasteiger partial charge in [0.2, 0.25) is 0 Å². The van der Waals surface area contributed by atoms with E-state index in [0.29, 0.717) is 6.04 Å². The molecule has 0 atom stereocenters. The number of hydrogen-bond acceptors (Lipinski definition) is 1. The monoisotopic (exact) mass is 273 g/mol. The molecule has 0 heterocycles. The average molecular weight is 273 g/mol. The van der Waals surface area contributed by atoms with Crippen molar-refractivity contribution in [1.29, 1.82) is 0 Å². The first-order valence-corrected chi connectivity index (χ1v) is 8.17. The topological polar surface area (TPSA) is 12.0 Å². The molecule has 1 nitrogen and oxygen atoms in total. The Morgan fingerprint density at radius 3 is 2.30 bits per heavy atom. The molecule has 4 aliphatic rings. The van der Waals surface area contributed by atoms with Gasteiger partial charge in [-0.15, -0.1) is 0 Å². The van der Waals surface area contributed by atoms with E-state index in [2.05, 4.69) is 5.32 Å². The lowest BCUT2D eigenvalue weighted by molar-refractivity contribution is -0.0142.